The van der Waals surface area contributed by atoms with Crippen molar-refractivity contribution in [1.82, 2.24) is 10.2 Å². The highest BCUT2D eigenvalue weighted by Crippen LogP contribution is 2.28. The molecule has 9 heteroatoms. The molecule has 0 aliphatic carbocycles. The van der Waals surface area contributed by atoms with Crippen LogP contribution in [-0.4, -0.2) is 27.6 Å². The average Bonchev–Trinajstić information content (AvgIpc) is 2.95. The fraction of sp³-hybridized carbons (Fsp3) is 0.214. The Labute approximate surface area is 157 Å². The third-order valence-corrected chi connectivity index (χ3v) is 6.15. The number of halogens is 2. The standard InChI is InChI=1S/C14H13Cl2N3OS3/c1-2-6-22-14-19-18-13(23-14)17-12(20)8-21-7-9-10(15)4-3-5-11(9)16/h2-5H,1,6-8H2,(H,17,18,20). The van der Waals surface area contributed by atoms with E-state index in [9.17, 15) is 4.79 Å². The molecule has 2 aromatic rings. The lowest BCUT2D eigenvalue weighted by atomic mass is 10.2. The number of hydrogen-bond donors (Lipinski definition) is 1. The molecule has 23 heavy (non-hydrogen) atoms. The van der Waals surface area contributed by atoms with Gasteiger partial charge >= 0.3 is 0 Å². The van der Waals surface area contributed by atoms with Crippen LogP contribution in [0.2, 0.25) is 10.0 Å². The predicted molar refractivity (Wildman–Crippen MR) is 102 cm³/mol. The second-order valence-corrected chi connectivity index (χ2v) is 8.26. The monoisotopic (exact) mass is 405 g/mol. The van der Waals surface area contributed by atoms with Gasteiger partial charge in [-0.2, -0.15) is 0 Å². The summed E-state index contributed by atoms with van der Waals surface area (Å²) in [6.45, 7) is 3.65. The fourth-order valence-corrected chi connectivity index (χ4v) is 4.61. The molecule has 0 radical (unpaired) electrons. The smallest absolute Gasteiger partial charge is 0.236 e. The van der Waals surface area contributed by atoms with Crippen molar-refractivity contribution in [2.45, 2.75) is 10.1 Å². The lowest BCUT2D eigenvalue weighted by molar-refractivity contribution is -0.113. The summed E-state index contributed by atoms with van der Waals surface area (Å²) >= 11 is 16.5. The van der Waals surface area contributed by atoms with Gasteiger partial charge in [-0.3, -0.25) is 10.1 Å². The summed E-state index contributed by atoms with van der Waals surface area (Å²) in [6.07, 6.45) is 1.79. The normalized spacial score (nSPS) is 10.5. The molecule has 0 unspecified atom stereocenters. The first-order valence-corrected chi connectivity index (χ1v) is 10.2. The first kappa shape index (κ1) is 18.6. The van der Waals surface area contributed by atoms with E-state index in [4.69, 9.17) is 23.2 Å². The lowest BCUT2D eigenvalue weighted by Crippen LogP contribution is -2.14. The molecule has 0 atom stereocenters. The van der Waals surface area contributed by atoms with Crippen LogP contribution in [-0.2, 0) is 10.5 Å². The minimum atomic E-state index is -0.130. The summed E-state index contributed by atoms with van der Waals surface area (Å²) < 4.78 is 0.802. The molecular weight excluding hydrogens is 393 g/mol. The number of carbonyl (C=O) groups excluding carboxylic acids is 1. The molecule has 0 fully saturated rings. The number of rotatable bonds is 8. The Morgan fingerprint density at radius 2 is 2.09 bits per heavy atom. The lowest BCUT2D eigenvalue weighted by Gasteiger charge is -2.06. The molecule has 1 N–H and O–H groups in total. The molecule has 0 bridgehead atoms. The summed E-state index contributed by atoms with van der Waals surface area (Å²) in [7, 11) is 0. The zero-order valence-electron chi connectivity index (χ0n) is 11.9. The highest BCUT2D eigenvalue weighted by molar-refractivity contribution is 8.01. The molecule has 0 spiro atoms. The Morgan fingerprint density at radius 3 is 2.78 bits per heavy atom. The number of nitrogens with zero attached hydrogens (tertiary/aromatic N) is 2. The van der Waals surface area contributed by atoms with Gasteiger partial charge in [0.05, 0.1) is 5.75 Å². The van der Waals surface area contributed by atoms with Crippen LogP contribution in [0, 0.1) is 0 Å². The van der Waals surface area contributed by atoms with E-state index < -0.39 is 0 Å². The third-order valence-electron chi connectivity index (χ3n) is 2.52. The van der Waals surface area contributed by atoms with E-state index >= 15 is 0 Å². The molecule has 1 aromatic heterocycles. The Hall–Kier alpha value is -0.730. The maximum Gasteiger partial charge on any atom is 0.236 e. The van der Waals surface area contributed by atoms with E-state index in [1.807, 2.05) is 0 Å². The fourth-order valence-electron chi connectivity index (χ4n) is 1.52. The Balaban J connectivity index is 1.79. The van der Waals surface area contributed by atoms with Crippen LogP contribution in [0.3, 0.4) is 0 Å². The van der Waals surface area contributed by atoms with Gasteiger partial charge in [-0.25, -0.2) is 0 Å². The van der Waals surface area contributed by atoms with Gasteiger partial charge in [0.2, 0.25) is 11.0 Å². The molecule has 0 saturated carbocycles. The Bertz CT molecular complexity index is 673. The second kappa shape index (κ2) is 9.54. The van der Waals surface area contributed by atoms with E-state index in [0.717, 1.165) is 15.7 Å². The second-order valence-electron chi connectivity index (χ2n) is 4.21. The van der Waals surface area contributed by atoms with Gasteiger partial charge in [-0.15, -0.1) is 28.5 Å². The maximum atomic E-state index is 11.9. The molecule has 0 saturated heterocycles. The van der Waals surface area contributed by atoms with Crippen molar-refractivity contribution in [2.24, 2.45) is 0 Å². The number of benzene rings is 1. The van der Waals surface area contributed by atoms with Crippen LogP contribution in [0.15, 0.2) is 35.2 Å². The van der Waals surface area contributed by atoms with E-state index in [-0.39, 0.29) is 11.7 Å². The summed E-state index contributed by atoms with van der Waals surface area (Å²) in [5.74, 6) is 1.49. The van der Waals surface area contributed by atoms with Gasteiger partial charge in [0.1, 0.15) is 0 Å². The SMILES string of the molecule is C=CCSc1nnc(NC(=O)CSCc2c(Cl)cccc2Cl)s1. The van der Waals surface area contributed by atoms with E-state index in [0.29, 0.717) is 20.9 Å². The third kappa shape index (κ3) is 6.00. The first-order chi connectivity index (χ1) is 11.1. The van der Waals surface area contributed by atoms with E-state index in [2.05, 4.69) is 22.1 Å². The maximum absolute atomic E-state index is 11.9. The van der Waals surface area contributed by atoms with Gasteiger partial charge < -0.3 is 0 Å². The topological polar surface area (TPSA) is 54.9 Å². The molecule has 2 rings (SSSR count). The molecule has 0 aliphatic heterocycles. The van der Waals surface area contributed by atoms with Crippen LogP contribution < -0.4 is 5.32 Å². The average molecular weight is 406 g/mol. The van der Waals surface area contributed by atoms with Crippen molar-refractivity contribution in [3.05, 3.63) is 46.5 Å². The molecule has 4 nitrogen and oxygen atoms in total. The summed E-state index contributed by atoms with van der Waals surface area (Å²) in [5, 5.41) is 12.4. The minimum absolute atomic E-state index is 0.130. The zero-order valence-corrected chi connectivity index (χ0v) is 15.9. The zero-order chi connectivity index (χ0) is 16.7. The van der Waals surface area contributed by atoms with Gasteiger partial charge in [-0.1, -0.05) is 58.4 Å². The van der Waals surface area contributed by atoms with Gasteiger partial charge in [-0.05, 0) is 17.7 Å². The van der Waals surface area contributed by atoms with Crippen molar-refractivity contribution in [3.8, 4) is 0 Å². The molecule has 122 valence electrons. The Morgan fingerprint density at radius 1 is 1.35 bits per heavy atom. The summed E-state index contributed by atoms with van der Waals surface area (Å²) in [5.41, 5.74) is 0.840. The van der Waals surface area contributed by atoms with Crippen molar-refractivity contribution in [1.29, 1.82) is 0 Å². The van der Waals surface area contributed by atoms with E-state index in [1.54, 1.807) is 24.3 Å². The van der Waals surface area contributed by atoms with Crippen molar-refractivity contribution in [2.75, 3.05) is 16.8 Å². The molecule has 1 heterocycles. The van der Waals surface area contributed by atoms with Crippen molar-refractivity contribution in [3.63, 3.8) is 0 Å². The minimum Gasteiger partial charge on any atom is -0.300 e. The van der Waals surface area contributed by atoms with Crippen LogP contribution in [0.4, 0.5) is 5.13 Å². The van der Waals surface area contributed by atoms with Gasteiger partial charge in [0.25, 0.3) is 0 Å². The number of thioether (sulfide) groups is 2. The number of anilines is 1. The summed E-state index contributed by atoms with van der Waals surface area (Å²) in [6, 6.07) is 5.36. The van der Waals surface area contributed by atoms with E-state index in [1.165, 1.54) is 34.9 Å². The number of aromatic nitrogens is 2. The number of nitrogens with one attached hydrogen (secondary N) is 1. The first-order valence-electron chi connectivity index (χ1n) is 6.48. The number of hydrogen-bond acceptors (Lipinski definition) is 6. The molecule has 1 aromatic carbocycles. The van der Waals surface area contributed by atoms with Gasteiger partial charge in [0.15, 0.2) is 4.34 Å². The summed E-state index contributed by atoms with van der Waals surface area (Å²) in [4.78, 5) is 11.9. The number of carbonyl (C=O) groups is 1. The van der Waals surface area contributed by atoms with Crippen molar-refractivity contribution >= 4 is 69.1 Å². The Kier molecular flexibility index (Phi) is 7.72. The molecule has 0 aliphatic rings. The van der Waals surface area contributed by atoms with Crippen LogP contribution in [0.1, 0.15) is 5.56 Å². The molecular formula is C14H13Cl2N3OS3. The van der Waals surface area contributed by atoms with Crippen molar-refractivity contribution < 1.29 is 4.79 Å². The number of amides is 1. The highest BCUT2D eigenvalue weighted by atomic mass is 35.5. The molecule has 1 amide bonds. The van der Waals surface area contributed by atoms with Crippen LogP contribution in [0.5, 0.6) is 0 Å². The largest absolute Gasteiger partial charge is 0.300 e. The quantitative estimate of drug-likeness (QED) is 0.380. The van der Waals surface area contributed by atoms with Crippen LogP contribution in [0.25, 0.3) is 0 Å². The highest BCUT2D eigenvalue weighted by Gasteiger charge is 2.10. The van der Waals surface area contributed by atoms with Gasteiger partial charge in [0, 0.05) is 21.6 Å². The van der Waals surface area contributed by atoms with Crippen LogP contribution >= 0.6 is 58.1 Å². The predicted octanol–water partition coefficient (Wildman–Crippen LogP) is 4.99.